The first-order valence-electron chi connectivity index (χ1n) is 4.09. The molecular weight excluding hydrogens is 269 g/mol. The van der Waals surface area contributed by atoms with Gasteiger partial charge in [0.05, 0.1) is 18.1 Å². The van der Waals surface area contributed by atoms with Gasteiger partial charge in [0.15, 0.2) is 0 Å². The normalized spacial score (nSPS) is 9.93. The minimum Gasteiger partial charge on any atom is -0.466 e. The predicted octanol–water partition coefficient (Wildman–Crippen LogP) is 2.60. The lowest BCUT2D eigenvalue weighted by Gasteiger charge is -2.03. The van der Waals surface area contributed by atoms with Crippen LogP contribution in [0.4, 0.5) is 0 Å². The lowest BCUT2D eigenvalue weighted by atomic mass is 10.2. The molecule has 0 aliphatic heterocycles. The van der Waals surface area contributed by atoms with E-state index in [4.69, 9.17) is 16.3 Å². The molecule has 1 aromatic rings. The lowest BCUT2D eigenvalue weighted by Crippen LogP contribution is -2.08. The van der Waals surface area contributed by atoms with Gasteiger partial charge < -0.3 is 4.74 Å². The maximum atomic E-state index is 11.2. The number of esters is 1. The highest BCUT2D eigenvalue weighted by molar-refractivity contribution is 9.10. The number of ether oxygens (including phenoxy) is 1. The van der Waals surface area contributed by atoms with Crippen molar-refractivity contribution >= 4 is 33.5 Å². The highest BCUT2D eigenvalue weighted by Gasteiger charge is 2.08. The molecule has 0 N–H and O–H groups in total. The van der Waals surface area contributed by atoms with Crippen LogP contribution in [-0.4, -0.2) is 17.6 Å². The molecule has 0 aliphatic carbocycles. The molecule has 3 nitrogen and oxygen atoms in total. The highest BCUT2D eigenvalue weighted by Crippen LogP contribution is 2.18. The second kappa shape index (κ2) is 5.32. The molecule has 0 spiro atoms. The summed E-state index contributed by atoms with van der Waals surface area (Å²) in [7, 11) is 0. The number of carbonyl (C=O) groups excluding carboxylic acids is 1. The van der Waals surface area contributed by atoms with Crippen molar-refractivity contribution in [2.75, 3.05) is 6.61 Å². The van der Waals surface area contributed by atoms with Crippen molar-refractivity contribution < 1.29 is 9.53 Å². The monoisotopic (exact) mass is 277 g/mol. The lowest BCUT2D eigenvalue weighted by molar-refractivity contribution is -0.142. The van der Waals surface area contributed by atoms with Crippen LogP contribution >= 0.6 is 27.5 Å². The van der Waals surface area contributed by atoms with E-state index in [1.807, 2.05) is 0 Å². The van der Waals surface area contributed by atoms with Crippen molar-refractivity contribution in [3.8, 4) is 0 Å². The Balaban J connectivity index is 2.75. The fourth-order valence-electron chi connectivity index (χ4n) is 0.956. The third-order valence-electron chi connectivity index (χ3n) is 1.52. The minimum atomic E-state index is -0.280. The number of rotatable bonds is 3. The number of hydrogen-bond donors (Lipinski definition) is 0. The van der Waals surface area contributed by atoms with Gasteiger partial charge in [0, 0.05) is 6.20 Å². The molecule has 1 rings (SSSR count). The zero-order valence-corrected chi connectivity index (χ0v) is 9.93. The Morgan fingerprint density at radius 1 is 1.71 bits per heavy atom. The summed E-state index contributed by atoms with van der Waals surface area (Å²) in [5.74, 6) is -0.280. The van der Waals surface area contributed by atoms with E-state index >= 15 is 0 Å². The first-order chi connectivity index (χ1) is 6.63. The number of aromatic nitrogens is 1. The number of carbonyl (C=O) groups is 1. The minimum absolute atomic E-state index is 0.183. The molecule has 0 saturated carbocycles. The van der Waals surface area contributed by atoms with E-state index < -0.39 is 0 Å². The Morgan fingerprint density at radius 3 is 3.07 bits per heavy atom. The molecule has 0 radical (unpaired) electrons. The van der Waals surface area contributed by atoms with E-state index in [1.165, 1.54) is 6.20 Å². The van der Waals surface area contributed by atoms with Gasteiger partial charge in [-0.05, 0) is 34.5 Å². The van der Waals surface area contributed by atoms with Crippen molar-refractivity contribution in [3.05, 3.63) is 27.5 Å². The van der Waals surface area contributed by atoms with E-state index in [0.29, 0.717) is 16.2 Å². The topological polar surface area (TPSA) is 39.2 Å². The Kier molecular flexibility index (Phi) is 4.35. The molecule has 0 fully saturated rings. The Hall–Kier alpha value is -0.610. The molecule has 14 heavy (non-hydrogen) atoms. The molecule has 0 atom stereocenters. The van der Waals surface area contributed by atoms with Crippen LogP contribution in [0.15, 0.2) is 16.9 Å². The van der Waals surface area contributed by atoms with Crippen molar-refractivity contribution in [2.24, 2.45) is 0 Å². The van der Waals surface area contributed by atoms with Gasteiger partial charge >= 0.3 is 5.97 Å². The number of hydrogen-bond acceptors (Lipinski definition) is 3. The average molecular weight is 279 g/mol. The van der Waals surface area contributed by atoms with Crippen LogP contribution in [0.1, 0.15) is 12.5 Å². The molecule has 76 valence electrons. The highest BCUT2D eigenvalue weighted by atomic mass is 79.9. The smallest absolute Gasteiger partial charge is 0.310 e. The van der Waals surface area contributed by atoms with E-state index in [-0.39, 0.29) is 12.4 Å². The Bertz CT molecular complexity index is 344. The van der Waals surface area contributed by atoms with Crippen LogP contribution in [0.3, 0.4) is 0 Å². The average Bonchev–Trinajstić information content (AvgIpc) is 2.12. The van der Waals surface area contributed by atoms with Gasteiger partial charge in [-0.1, -0.05) is 11.6 Å². The predicted molar refractivity (Wildman–Crippen MR) is 57.3 cm³/mol. The van der Waals surface area contributed by atoms with E-state index in [1.54, 1.807) is 13.0 Å². The maximum Gasteiger partial charge on any atom is 0.310 e. The molecular formula is C9H9BrClNO2. The fourth-order valence-corrected chi connectivity index (χ4v) is 1.49. The summed E-state index contributed by atoms with van der Waals surface area (Å²) in [6.45, 7) is 2.15. The van der Waals surface area contributed by atoms with E-state index in [0.717, 1.165) is 5.56 Å². The molecule has 0 unspecified atom stereocenters. The molecule has 0 bridgehead atoms. The van der Waals surface area contributed by atoms with Gasteiger partial charge in [-0.25, -0.2) is 4.98 Å². The summed E-state index contributed by atoms with van der Waals surface area (Å²) in [5, 5.41) is 0.507. The van der Waals surface area contributed by atoms with Crippen molar-refractivity contribution in [1.29, 1.82) is 0 Å². The second-order valence-electron chi connectivity index (χ2n) is 2.59. The summed E-state index contributed by atoms with van der Waals surface area (Å²) in [4.78, 5) is 15.1. The van der Waals surface area contributed by atoms with Crippen molar-refractivity contribution in [1.82, 2.24) is 4.98 Å². The summed E-state index contributed by atoms with van der Waals surface area (Å²) < 4.78 is 5.43. The number of nitrogens with zero attached hydrogens (tertiary/aromatic N) is 1. The first-order valence-corrected chi connectivity index (χ1v) is 5.26. The number of pyridine rings is 1. The second-order valence-corrected chi connectivity index (χ2v) is 3.77. The molecule has 0 amide bonds. The van der Waals surface area contributed by atoms with Crippen LogP contribution in [0.2, 0.25) is 5.02 Å². The summed E-state index contributed by atoms with van der Waals surface area (Å²) >= 11 is 8.97. The van der Waals surface area contributed by atoms with E-state index in [9.17, 15) is 4.79 Å². The fraction of sp³-hybridized carbons (Fsp3) is 0.333. The van der Waals surface area contributed by atoms with Gasteiger partial charge in [-0.15, -0.1) is 0 Å². The van der Waals surface area contributed by atoms with Crippen LogP contribution in [0.25, 0.3) is 0 Å². The van der Waals surface area contributed by atoms with E-state index in [2.05, 4.69) is 20.9 Å². The molecule has 0 saturated heterocycles. The maximum absolute atomic E-state index is 11.2. The van der Waals surface area contributed by atoms with Gasteiger partial charge in [-0.3, -0.25) is 4.79 Å². The molecule has 0 aliphatic rings. The zero-order chi connectivity index (χ0) is 10.6. The SMILES string of the molecule is CCOC(=O)Cc1cc(Cl)cnc1Br. The quantitative estimate of drug-likeness (QED) is 0.630. The van der Waals surface area contributed by atoms with Gasteiger partial charge in [0.2, 0.25) is 0 Å². The Morgan fingerprint density at radius 2 is 2.43 bits per heavy atom. The van der Waals surface area contributed by atoms with Gasteiger partial charge in [0.1, 0.15) is 4.60 Å². The summed E-state index contributed by atoms with van der Waals surface area (Å²) in [6, 6.07) is 1.69. The largest absolute Gasteiger partial charge is 0.466 e. The zero-order valence-electron chi connectivity index (χ0n) is 7.59. The molecule has 1 aromatic heterocycles. The molecule has 5 heteroatoms. The van der Waals surface area contributed by atoms with Crippen LogP contribution < -0.4 is 0 Å². The first kappa shape index (κ1) is 11.5. The van der Waals surface area contributed by atoms with Crippen LogP contribution in [0, 0.1) is 0 Å². The van der Waals surface area contributed by atoms with Crippen LogP contribution in [-0.2, 0) is 16.0 Å². The van der Waals surface area contributed by atoms with Gasteiger partial charge in [-0.2, -0.15) is 0 Å². The van der Waals surface area contributed by atoms with Crippen molar-refractivity contribution in [2.45, 2.75) is 13.3 Å². The Labute approximate surface area is 95.6 Å². The third-order valence-corrected chi connectivity index (χ3v) is 2.44. The van der Waals surface area contributed by atoms with Gasteiger partial charge in [0.25, 0.3) is 0 Å². The summed E-state index contributed by atoms with van der Waals surface area (Å²) in [6.07, 6.45) is 1.70. The van der Waals surface area contributed by atoms with Crippen molar-refractivity contribution in [3.63, 3.8) is 0 Å². The number of halogens is 2. The van der Waals surface area contributed by atoms with Crippen LogP contribution in [0.5, 0.6) is 0 Å². The molecule has 0 aromatic carbocycles. The standard InChI is InChI=1S/C9H9BrClNO2/c1-2-14-8(13)4-6-3-7(11)5-12-9(6)10/h3,5H,2,4H2,1H3. The summed E-state index contributed by atoms with van der Waals surface area (Å²) in [5.41, 5.74) is 0.732. The molecule has 1 heterocycles. The third kappa shape index (κ3) is 3.27.